The van der Waals surface area contributed by atoms with Gasteiger partial charge in [0.1, 0.15) is 0 Å². The highest BCUT2D eigenvalue weighted by molar-refractivity contribution is 5.94. The van der Waals surface area contributed by atoms with Crippen molar-refractivity contribution in [3.05, 3.63) is 36.6 Å². The van der Waals surface area contributed by atoms with Crippen LogP contribution in [0.25, 0.3) is 22.6 Å². The minimum absolute atomic E-state index is 0.110. The summed E-state index contributed by atoms with van der Waals surface area (Å²) in [5, 5.41) is 6.00. The first kappa shape index (κ1) is 19.6. The Kier molecular flexibility index (Phi) is 4.59. The van der Waals surface area contributed by atoms with E-state index in [4.69, 9.17) is 4.42 Å². The molecule has 2 aromatic heterocycles. The number of furan rings is 1. The number of nitrogens with zero attached hydrogens (tertiary/aromatic N) is 1. The van der Waals surface area contributed by atoms with Gasteiger partial charge in [0.25, 0.3) is 0 Å². The Bertz CT molecular complexity index is 1130. The lowest BCUT2D eigenvalue weighted by atomic mass is 9.49. The summed E-state index contributed by atoms with van der Waals surface area (Å²) in [7, 11) is 0. The predicted molar refractivity (Wildman–Crippen MR) is 121 cm³/mol. The van der Waals surface area contributed by atoms with Crippen LogP contribution in [-0.4, -0.2) is 28.3 Å². The lowest BCUT2D eigenvalue weighted by Crippen LogP contribution is -2.53. The second kappa shape index (κ2) is 7.50. The standard InChI is InChI=1S/C25H28N4O3/c30-22(5-6-26-24(31)25-12-15-8-16(13-25)10-17(9-15)14-25)27-18-3-4-19-20(11-18)29-23(28-19)21-2-1-7-32-21/h1-4,7,11,15-17H,5-6,8-10,12-14H2,(H,26,31)(H,27,30)(H,28,29). The highest BCUT2D eigenvalue weighted by atomic mass is 16.3. The van der Waals surface area contributed by atoms with Gasteiger partial charge >= 0.3 is 0 Å². The van der Waals surface area contributed by atoms with Gasteiger partial charge in [-0.2, -0.15) is 0 Å². The van der Waals surface area contributed by atoms with Crippen molar-refractivity contribution in [1.29, 1.82) is 0 Å². The van der Waals surface area contributed by atoms with Gasteiger partial charge in [-0.15, -0.1) is 0 Å². The molecule has 4 saturated carbocycles. The van der Waals surface area contributed by atoms with Crippen molar-refractivity contribution in [3.63, 3.8) is 0 Å². The molecule has 2 heterocycles. The van der Waals surface area contributed by atoms with Crippen LogP contribution in [0.15, 0.2) is 41.0 Å². The van der Waals surface area contributed by atoms with Crippen molar-refractivity contribution in [2.45, 2.75) is 44.9 Å². The molecule has 3 aromatic rings. The third-order valence-electron chi connectivity index (χ3n) is 7.68. The fraction of sp³-hybridized carbons (Fsp3) is 0.480. The SMILES string of the molecule is O=C(CCNC(=O)C12CC3CC(CC(C3)C1)C2)Nc1ccc2nc(-c3ccco3)[nH]c2c1. The Labute approximate surface area is 186 Å². The molecule has 4 aliphatic carbocycles. The van der Waals surface area contributed by atoms with Crippen molar-refractivity contribution in [2.24, 2.45) is 23.2 Å². The number of carbonyl (C=O) groups is 2. The molecular weight excluding hydrogens is 404 g/mol. The lowest BCUT2D eigenvalue weighted by Gasteiger charge is -2.55. The monoisotopic (exact) mass is 432 g/mol. The van der Waals surface area contributed by atoms with E-state index in [1.165, 1.54) is 19.3 Å². The first-order chi connectivity index (χ1) is 15.6. The van der Waals surface area contributed by atoms with E-state index >= 15 is 0 Å². The summed E-state index contributed by atoms with van der Waals surface area (Å²) in [5.41, 5.74) is 2.16. The average molecular weight is 433 g/mol. The zero-order chi connectivity index (χ0) is 21.7. The predicted octanol–water partition coefficient (Wildman–Crippen LogP) is 4.48. The van der Waals surface area contributed by atoms with Gasteiger partial charge in [0.15, 0.2) is 11.6 Å². The number of anilines is 1. The van der Waals surface area contributed by atoms with Gasteiger partial charge in [-0.3, -0.25) is 9.59 Å². The van der Waals surface area contributed by atoms with Crippen LogP contribution in [0.1, 0.15) is 44.9 Å². The summed E-state index contributed by atoms with van der Waals surface area (Å²) in [6.07, 6.45) is 8.95. The van der Waals surface area contributed by atoms with E-state index in [1.807, 2.05) is 30.3 Å². The van der Waals surface area contributed by atoms with Crippen LogP contribution < -0.4 is 10.6 Å². The first-order valence-corrected chi connectivity index (χ1v) is 11.7. The number of imidazole rings is 1. The number of rotatable bonds is 6. The molecule has 0 spiro atoms. The molecule has 1 aromatic carbocycles. The maximum atomic E-state index is 13.0. The molecule has 166 valence electrons. The second-order valence-corrected chi connectivity index (χ2v) is 10.0. The van der Waals surface area contributed by atoms with E-state index < -0.39 is 0 Å². The molecule has 0 aliphatic heterocycles. The van der Waals surface area contributed by atoms with Crippen LogP contribution in [-0.2, 0) is 9.59 Å². The summed E-state index contributed by atoms with van der Waals surface area (Å²) in [6.45, 7) is 0.376. The third-order valence-corrected chi connectivity index (χ3v) is 7.68. The Balaban J connectivity index is 1.04. The molecule has 7 rings (SSSR count). The van der Waals surface area contributed by atoms with E-state index in [0.717, 1.165) is 48.0 Å². The quantitative estimate of drug-likeness (QED) is 0.534. The zero-order valence-electron chi connectivity index (χ0n) is 18.0. The maximum Gasteiger partial charge on any atom is 0.226 e. The summed E-state index contributed by atoms with van der Waals surface area (Å²) in [6, 6.07) is 9.22. The number of nitrogens with one attached hydrogen (secondary N) is 3. The molecule has 3 N–H and O–H groups in total. The van der Waals surface area contributed by atoms with Gasteiger partial charge < -0.3 is 20.0 Å². The van der Waals surface area contributed by atoms with Crippen molar-refractivity contribution in [3.8, 4) is 11.6 Å². The number of amides is 2. The van der Waals surface area contributed by atoms with Crippen LogP contribution in [0.4, 0.5) is 5.69 Å². The van der Waals surface area contributed by atoms with Gasteiger partial charge in [-0.1, -0.05) is 0 Å². The van der Waals surface area contributed by atoms with E-state index in [1.54, 1.807) is 6.26 Å². The number of H-pyrrole nitrogens is 1. The normalized spacial score (nSPS) is 28.2. The molecular formula is C25H28N4O3. The second-order valence-electron chi connectivity index (χ2n) is 10.0. The number of aromatic nitrogens is 2. The van der Waals surface area contributed by atoms with Crippen molar-refractivity contribution >= 4 is 28.5 Å². The van der Waals surface area contributed by atoms with Crippen molar-refractivity contribution in [1.82, 2.24) is 15.3 Å². The fourth-order valence-corrected chi connectivity index (χ4v) is 6.71. The summed E-state index contributed by atoms with van der Waals surface area (Å²) in [5.74, 6) is 3.60. The lowest BCUT2D eigenvalue weighted by molar-refractivity contribution is -0.146. The minimum Gasteiger partial charge on any atom is -0.461 e. The average Bonchev–Trinajstić information content (AvgIpc) is 3.42. The molecule has 32 heavy (non-hydrogen) atoms. The van der Waals surface area contributed by atoms with Gasteiger partial charge in [0, 0.05) is 24.1 Å². The number of hydrogen-bond acceptors (Lipinski definition) is 4. The first-order valence-electron chi connectivity index (χ1n) is 11.7. The van der Waals surface area contributed by atoms with Crippen molar-refractivity contribution < 1.29 is 14.0 Å². The Morgan fingerprint density at radius 1 is 1.09 bits per heavy atom. The van der Waals surface area contributed by atoms with Crippen LogP contribution in [0.2, 0.25) is 0 Å². The number of hydrogen-bond donors (Lipinski definition) is 3. The number of fused-ring (bicyclic) bond motifs is 1. The van der Waals surface area contributed by atoms with Crippen LogP contribution in [0.3, 0.4) is 0 Å². The van der Waals surface area contributed by atoms with Gasteiger partial charge in [0.05, 0.1) is 17.3 Å². The molecule has 2 amide bonds. The largest absolute Gasteiger partial charge is 0.461 e. The molecule has 0 radical (unpaired) electrons. The Hall–Kier alpha value is -3.09. The van der Waals surface area contributed by atoms with Crippen LogP contribution in [0.5, 0.6) is 0 Å². The van der Waals surface area contributed by atoms with Crippen LogP contribution >= 0.6 is 0 Å². The van der Waals surface area contributed by atoms with E-state index in [-0.39, 0.29) is 23.7 Å². The number of carbonyl (C=O) groups excluding carboxylic acids is 2. The van der Waals surface area contributed by atoms with Gasteiger partial charge in [-0.25, -0.2) is 4.98 Å². The van der Waals surface area contributed by atoms with Gasteiger partial charge in [-0.05, 0) is 86.6 Å². The summed E-state index contributed by atoms with van der Waals surface area (Å²) in [4.78, 5) is 33.2. The molecule has 0 unspecified atom stereocenters. The Morgan fingerprint density at radius 3 is 2.53 bits per heavy atom. The molecule has 4 aliphatic rings. The summed E-state index contributed by atoms with van der Waals surface area (Å²) >= 11 is 0. The number of benzene rings is 1. The van der Waals surface area contributed by atoms with E-state index in [2.05, 4.69) is 20.6 Å². The molecule has 0 saturated heterocycles. The maximum absolute atomic E-state index is 13.0. The van der Waals surface area contributed by atoms with E-state index in [9.17, 15) is 9.59 Å². The highest BCUT2D eigenvalue weighted by Gasteiger charge is 2.54. The Morgan fingerprint density at radius 2 is 1.84 bits per heavy atom. The topological polar surface area (TPSA) is 100 Å². The van der Waals surface area contributed by atoms with Crippen LogP contribution in [0, 0.1) is 23.2 Å². The van der Waals surface area contributed by atoms with Gasteiger partial charge in [0.2, 0.25) is 11.8 Å². The molecule has 4 bridgehead atoms. The molecule has 4 fully saturated rings. The fourth-order valence-electron chi connectivity index (χ4n) is 6.71. The molecule has 0 atom stereocenters. The smallest absolute Gasteiger partial charge is 0.226 e. The summed E-state index contributed by atoms with van der Waals surface area (Å²) < 4.78 is 5.39. The van der Waals surface area contributed by atoms with E-state index in [0.29, 0.717) is 23.8 Å². The minimum atomic E-state index is -0.164. The van der Waals surface area contributed by atoms with Crippen molar-refractivity contribution in [2.75, 3.05) is 11.9 Å². The highest BCUT2D eigenvalue weighted by Crippen LogP contribution is 2.60. The molecule has 7 nitrogen and oxygen atoms in total. The number of aromatic amines is 1. The third kappa shape index (κ3) is 3.49. The molecule has 7 heteroatoms. The zero-order valence-corrected chi connectivity index (χ0v) is 18.0.